The third-order valence-electron chi connectivity index (χ3n) is 2.62. The van der Waals surface area contributed by atoms with E-state index in [1.165, 1.54) is 0 Å². The van der Waals surface area contributed by atoms with E-state index < -0.39 is 0 Å². The van der Waals surface area contributed by atoms with E-state index in [-0.39, 0.29) is 0 Å². The molecule has 0 atom stereocenters. The van der Waals surface area contributed by atoms with Crippen molar-refractivity contribution < 1.29 is 9.52 Å². The van der Waals surface area contributed by atoms with E-state index in [4.69, 9.17) is 4.42 Å². The number of phenols is 1. The summed E-state index contributed by atoms with van der Waals surface area (Å²) in [7, 11) is 0. The molecule has 1 aromatic heterocycles. The Morgan fingerprint density at radius 2 is 2.00 bits per heavy atom. The van der Waals surface area contributed by atoms with Crippen LogP contribution >= 0.6 is 15.9 Å². The Balaban J connectivity index is 2.11. The molecular formula is C13H14BrNO2. The Kier molecular flexibility index (Phi) is 3.43. The Morgan fingerprint density at radius 3 is 2.65 bits per heavy atom. The molecule has 0 unspecified atom stereocenters. The summed E-state index contributed by atoms with van der Waals surface area (Å²) in [5.41, 5.74) is 2.88. The summed E-state index contributed by atoms with van der Waals surface area (Å²) >= 11 is 3.27. The second-order valence-electron chi connectivity index (χ2n) is 4.01. The van der Waals surface area contributed by atoms with Gasteiger partial charge in [-0.1, -0.05) is 0 Å². The van der Waals surface area contributed by atoms with Crippen LogP contribution in [0.3, 0.4) is 0 Å². The molecule has 3 nitrogen and oxygen atoms in total. The minimum absolute atomic E-state index is 0.328. The predicted octanol–water partition coefficient (Wildman–Crippen LogP) is 3.98. The van der Waals surface area contributed by atoms with Crippen molar-refractivity contribution >= 4 is 21.6 Å². The number of halogens is 1. The van der Waals surface area contributed by atoms with Crippen molar-refractivity contribution in [2.24, 2.45) is 0 Å². The molecule has 0 fully saturated rings. The molecule has 1 heterocycles. The molecule has 0 amide bonds. The van der Waals surface area contributed by atoms with Crippen molar-refractivity contribution in [1.82, 2.24) is 0 Å². The van der Waals surface area contributed by atoms with E-state index in [2.05, 4.69) is 21.2 Å². The zero-order valence-corrected chi connectivity index (χ0v) is 11.3. The lowest BCUT2D eigenvalue weighted by molar-refractivity contribution is 0.470. The van der Waals surface area contributed by atoms with E-state index in [1.807, 2.05) is 32.0 Å². The number of phenolic OH excluding ortho intramolecular Hbond substituents is 1. The molecule has 0 radical (unpaired) electrons. The summed E-state index contributed by atoms with van der Waals surface area (Å²) in [5.74, 6) is 1.19. The zero-order valence-electron chi connectivity index (χ0n) is 9.75. The number of hydrogen-bond acceptors (Lipinski definition) is 3. The Bertz CT molecular complexity index is 534. The summed E-state index contributed by atoms with van der Waals surface area (Å²) in [6.07, 6.45) is 0. The molecule has 0 saturated heterocycles. The standard InChI is InChI=1S/C13H14BrNO2/c1-8-6-12(16)9(2)5-11(8)15-7-10-3-4-13(14)17-10/h3-6,15-16H,7H2,1-2H3. The summed E-state index contributed by atoms with van der Waals surface area (Å²) < 4.78 is 6.13. The first-order valence-electron chi connectivity index (χ1n) is 5.34. The first-order chi connectivity index (χ1) is 8.06. The van der Waals surface area contributed by atoms with Crippen LogP contribution in [0.25, 0.3) is 0 Å². The van der Waals surface area contributed by atoms with E-state index in [0.717, 1.165) is 27.2 Å². The second kappa shape index (κ2) is 4.84. The largest absolute Gasteiger partial charge is 0.508 e. The van der Waals surface area contributed by atoms with Crippen LogP contribution in [0, 0.1) is 13.8 Å². The fraction of sp³-hybridized carbons (Fsp3) is 0.231. The predicted molar refractivity (Wildman–Crippen MR) is 71.3 cm³/mol. The Morgan fingerprint density at radius 1 is 1.24 bits per heavy atom. The van der Waals surface area contributed by atoms with Crippen LogP contribution < -0.4 is 5.32 Å². The number of nitrogens with one attached hydrogen (secondary N) is 1. The van der Waals surface area contributed by atoms with Crippen LogP contribution in [0.15, 0.2) is 33.4 Å². The quantitative estimate of drug-likeness (QED) is 0.842. The highest BCUT2D eigenvalue weighted by atomic mass is 79.9. The van der Waals surface area contributed by atoms with E-state index >= 15 is 0 Å². The molecule has 2 rings (SSSR count). The number of aryl methyl sites for hydroxylation is 2. The first kappa shape index (κ1) is 12.0. The number of aromatic hydroxyl groups is 1. The molecule has 90 valence electrons. The van der Waals surface area contributed by atoms with Gasteiger partial charge in [0.15, 0.2) is 4.67 Å². The summed E-state index contributed by atoms with van der Waals surface area (Å²) in [6.45, 7) is 4.46. The molecule has 17 heavy (non-hydrogen) atoms. The normalized spacial score (nSPS) is 10.5. The number of benzene rings is 1. The average Bonchev–Trinajstić information content (AvgIpc) is 2.68. The maximum Gasteiger partial charge on any atom is 0.169 e. The molecule has 2 aromatic rings. The zero-order chi connectivity index (χ0) is 12.4. The third-order valence-corrected chi connectivity index (χ3v) is 3.05. The van der Waals surface area contributed by atoms with Gasteiger partial charge in [0, 0.05) is 5.69 Å². The van der Waals surface area contributed by atoms with Gasteiger partial charge >= 0.3 is 0 Å². The molecule has 2 N–H and O–H groups in total. The first-order valence-corrected chi connectivity index (χ1v) is 6.14. The van der Waals surface area contributed by atoms with Crippen molar-refractivity contribution in [3.05, 3.63) is 45.8 Å². The van der Waals surface area contributed by atoms with Crippen LogP contribution in [0.1, 0.15) is 16.9 Å². The maximum atomic E-state index is 9.56. The molecule has 1 aromatic carbocycles. The van der Waals surface area contributed by atoms with Gasteiger partial charge in [-0.2, -0.15) is 0 Å². The van der Waals surface area contributed by atoms with Gasteiger partial charge in [0.25, 0.3) is 0 Å². The van der Waals surface area contributed by atoms with Gasteiger partial charge < -0.3 is 14.8 Å². The Labute approximate surface area is 109 Å². The number of furan rings is 1. The van der Waals surface area contributed by atoms with E-state index in [9.17, 15) is 5.11 Å². The highest BCUT2D eigenvalue weighted by molar-refractivity contribution is 9.10. The van der Waals surface area contributed by atoms with E-state index in [0.29, 0.717) is 12.3 Å². The number of anilines is 1. The molecule has 0 aliphatic carbocycles. The van der Waals surface area contributed by atoms with E-state index in [1.54, 1.807) is 6.07 Å². The van der Waals surface area contributed by atoms with Crippen molar-refractivity contribution in [1.29, 1.82) is 0 Å². The van der Waals surface area contributed by atoms with Crippen LogP contribution in [0.5, 0.6) is 5.75 Å². The van der Waals surface area contributed by atoms with Crippen molar-refractivity contribution in [3.63, 3.8) is 0 Å². The van der Waals surface area contributed by atoms with Crippen LogP contribution in [-0.2, 0) is 6.54 Å². The topological polar surface area (TPSA) is 45.4 Å². The lowest BCUT2D eigenvalue weighted by Crippen LogP contribution is -2.00. The summed E-state index contributed by atoms with van der Waals surface area (Å²) in [5, 5.41) is 12.8. The van der Waals surface area contributed by atoms with Crippen molar-refractivity contribution in [2.45, 2.75) is 20.4 Å². The fourth-order valence-electron chi connectivity index (χ4n) is 1.62. The van der Waals surface area contributed by atoms with Crippen LogP contribution in [0.4, 0.5) is 5.69 Å². The van der Waals surface area contributed by atoms with Crippen LogP contribution in [-0.4, -0.2) is 5.11 Å². The number of rotatable bonds is 3. The fourth-order valence-corrected chi connectivity index (χ4v) is 1.96. The van der Waals surface area contributed by atoms with Gasteiger partial charge in [0.2, 0.25) is 0 Å². The van der Waals surface area contributed by atoms with Gasteiger partial charge in [-0.25, -0.2) is 0 Å². The third kappa shape index (κ3) is 2.82. The highest BCUT2D eigenvalue weighted by Gasteiger charge is 2.04. The maximum absolute atomic E-state index is 9.56. The van der Waals surface area contributed by atoms with Crippen LogP contribution in [0.2, 0.25) is 0 Å². The second-order valence-corrected chi connectivity index (χ2v) is 4.79. The number of hydrogen-bond donors (Lipinski definition) is 2. The average molecular weight is 296 g/mol. The van der Waals surface area contributed by atoms with Gasteiger partial charge in [0.1, 0.15) is 11.5 Å². The van der Waals surface area contributed by atoms with Gasteiger partial charge in [-0.3, -0.25) is 0 Å². The molecule has 0 saturated carbocycles. The highest BCUT2D eigenvalue weighted by Crippen LogP contribution is 2.25. The molecule has 0 aliphatic heterocycles. The van der Waals surface area contributed by atoms with Gasteiger partial charge in [-0.05, 0) is 65.2 Å². The smallest absolute Gasteiger partial charge is 0.169 e. The summed E-state index contributed by atoms with van der Waals surface area (Å²) in [6, 6.07) is 7.48. The Hall–Kier alpha value is -1.42. The van der Waals surface area contributed by atoms with Gasteiger partial charge in [-0.15, -0.1) is 0 Å². The monoisotopic (exact) mass is 295 g/mol. The molecule has 0 spiro atoms. The molecule has 0 bridgehead atoms. The lowest BCUT2D eigenvalue weighted by atomic mass is 10.1. The van der Waals surface area contributed by atoms with Crippen molar-refractivity contribution in [2.75, 3.05) is 5.32 Å². The SMILES string of the molecule is Cc1cc(NCc2ccc(Br)o2)c(C)cc1O. The minimum Gasteiger partial charge on any atom is -0.508 e. The molecule has 4 heteroatoms. The molecular weight excluding hydrogens is 282 g/mol. The summed E-state index contributed by atoms with van der Waals surface area (Å²) in [4.78, 5) is 0. The minimum atomic E-state index is 0.328. The van der Waals surface area contributed by atoms with Crippen molar-refractivity contribution in [3.8, 4) is 5.75 Å². The molecule has 0 aliphatic rings. The lowest BCUT2D eigenvalue weighted by Gasteiger charge is -2.10. The van der Waals surface area contributed by atoms with Gasteiger partial charge in [0.05, 0.1) is 6.54 Å².